The molecule has 0 aromatic carbocycles. The number of hydrogen-bond donors (Lipinski definition) is 1. The summed E-state index contributed by atoms with van der Waals surface area (Å²) < 4.78 is 7.05. The summed E-state index contributed by atoms with van der Waals surface area (Å²) in [6, 6.07) is 0. The van der Waals surface area contributed by atoms with Gasteiger partial charge in [-0.3, -0.25) is 9.20 Å². The number of nitrogens with one attached hydrogen (secondary N) is 1. The first-order valence-corrected chi connectivity index (χ1v) is 8.75. The Balaban J connectivity index is 2.14. The molecule has 2 heterocycles. The van der Waals surface area contributed by atoms with E-state index in [2.05, 4.69) is 35.5 Å². The number of ether oxygens (including phenoxy) is 1. The molecule has 0 amide bonds. The highest BCUT2D eigenvalue weighted by atomic mass is 32.2. The molecule has 0 aliphatic heterocycles. The highest BCUT2D eigenvalue weighted by Crippen LogP contribution is 2.26. The zero-order valence-electron chi connectivity index (χ0n) is 12.8. The predicted molar refractivity (Wildman–Crippen MR) is 87.0 cm³/mol. The second kappa shape index (κ2) is 6.81. The minimum Gasteiger partial charge on any atom is -0.465 e. The Kier molecular flexibility index (Phi) is 5.29. The molecule has 0 atom stereocenters. The molecule has 5 nitrogen and oxygen atoms in total. The molecule has 0 saturated carbocycles. The molecule has 116 valence electrons. The number of thioether (sulfide) groups is 1. The molecule has 21 heavy (non-hydrogen) atoms. The molecule has 0 bridgehead atoms. The fourth-order valence-electron chi connectivity index (χ4n) is 1.77. The van der Waals surface area contributed by atoms with Gasteiger partial charge in [-0.25, -0.2) is 4.98 Å². The minimum absolute atomic E-state index is 0.0310. The highest BCUT2D eigenvalue weighted by molar-refractivity contribution is 7.99. The maximum Gasteiger partial charge on any atom is 0.316 e. The number of thiazole rings is 1. The summed E-state index contributed by atoms with van der Waals surface area (Å²) in [4.78, 5) is 17.1. The van der Waals surface area contributed by atoms with Gasteiger partial charge in [-0.15, -0.1) is 11.3 Å². The molecular weight excluding hydrogens is 306 g/mol. The van der Waals surface area contributed by atoms with Crippen molar-refractivity contribution < 1.29 is 9.53 Å². The molecule has 0 radical (unpaired) electrons. The molecule has 0 aliphatic rings. The molecular formula is C14H21N3O2S2. The van der Waals surface area contributed by atoms with E-state index >= 15 is 0 Å². The van der Waals surface area contributed by atoms with E-state index in [4.69, 9.17) is 4.74 Å². The van der Waals surface area contributed by atoms with E-state index in [9.17, 15) is 4.79 Å². The van der Waals surface area contributed by atoms with Crippen LogP contribution in [0.25, 0.3) is 4.96 Å². The van der Waals surface area contributed by atoms with Gasteiger partial charge < -0.3 is 10.1 Å². The van der Waals surface area contributed by atoms with Crippen LogP contribution in [-0.4, -0.2) is 33.3 Å². The Bertz CT molecular complexity index is 613. The first kappa shape index (κ1) is 16.3. The van der Waals surface area contributed by atoms with Crippen LogP contribution < -0.4 is 5.32 Å². The van der Waals surface area contributed by atoms with E-state index in [-0.39, 0.29) is 11.5 Å². The monoisotopic (exact) mass is 327 g/mol. The number of aromatic nitrogens is 2. The average molecular weight is 327 g/mol. The third-order valence-corrected chi connectivity index (χ3v) is 4.48. The second-order valence-corrected chi connectivity index (χ2v) is 7.45. The van der Waals surface area contributed by atoms with Crippen LogP contribution in [0.3, 0.4) is 0 Å². The van der Waals surface area contributed by atoms with Crippen LogP contribution in [0.5, 0.6) is 0 Å². The lowest BCUT2D eigenvalue weighted by Crippen LogP contribution is -2.35. The molecule has 1 N–H and O–H groups in total. The summed E-state index contributed by atoms with van der Waals surface area (Å²) in [6.07, 6.45) is 2.01. The molecule has 0 spiro atoms. The quantitative estimate of drug-likeness (QED) is 0.653. The Morgan fingerprint density at radius 3 is 2.95 bits per heavy atom. The summed E-state index contributed by atoms with van der Waals surface area (Å²) in [6.45, 7) is 9.33. The number of rotatable bonds is 6. The number of carbonyl (C=O) groups excluding carboxylic acids is 1. The first-order chi connectivity index (χ1) is 9.90. The van der Waals surface area contributed by atoms with E-state index < -0.39 is 0 Å². The van der Waals surface area contributed by atoms with E-state index in [0.29, 0.717) is 18.9 Å². The molecule has 0 fully saturated rings. The van der Waals surface area contributed by atoms with Gasteiger partial charge in [0.15, 0.2) is 4.96 Å². The number of carbonyl (C=O) groups is 1. The summed E-state index contributed by atoms with van der Waals surface area (Å²) in [5.41, 5.74) is 1.12. The van der Waals surface area contributed by atoms with Crippen LogP contribution in [0.15, 0.2) is 16.6 Å². The lowest BCUT2D eigenvalue weighted by molar-refractivity contribution is -0.139. The summed E-state index contributed by atoms with van der Waals surface area (Å²) >= 11 is 3.03. The number of fused-ring (bicyclic) bond motifs is 1. The molecule has 0 saturated heterocycles. The van der Waals surface area contributed by atoms with Crippen LogP contribution in [0, 0.1) is 0 Å². The topological polar surface area (TPSA) is 55.6 Å². The Morgan fingerprint density at radius 1 is 1.52 bits per heavy atom. The van der Waals surface area contributed by atoms with Crippen molar-refractivity contribution in [2.45, 2.75) is 44.8 Å². The SMILES string of the molecule is CCOC(=O)CSc1nc2sccn2c1CNC(C)(C)C. The lowest BCUT2D eigenvalue weighted by atomic mass is 10.1. The largest absolute Gasteiger partial charge is 0.465 e. The van der Waals surface area contributed by atoms with Crippen LogP contribution in [0.1, 0.15) is 33.4 Å². The number of esters is 1. The van der Waals surface area contributed by atoms with Gasteiger partial charge in [0.05, 0.1) is 18.1 Å². The van der Waals surface area contributed by atoms with Gasteiger partial charge >= 0.3 is 5.97 Å². The maximum absolute atomic E-state index is 11.5. The lowest BCUT2D eigenvalue weighted by Gasteiger charge is -2.20. The molecule has 0 aliphatic carbocycles. The van der Waals surface area contributed by atoms with Crippen molar-refractivity contribution in [2.24, 2.45) is 0 Å². The van der Waals surface area contributed by atoms with Crippen molar-refractivity contribution in [1.82, 2.24) is 14.7 Å². The standard InChI is InChI=1S/C14H21N3O2S2/c1-5-19-11(18)9-21-12-10(8-15-14(2,3)4)17-6-7-20-13(17)16-12/h6-7,15H,5,8-9H2,1-4H3. The summed E-state index contributed by atoms with van der Waals surface area (Å²) in [5.74, 6) is 0.0925. The fraction of sp³-hybridized carbons (Fsp3) is 0.571. The number of hydrogen-bond acceptors (Lipinski definition) is 6. The molecule has 2 aromatic rings. The van der Waals surface area contributed by atoms with Crippen LogP contribution >= 0.6 is 23.1 Å². The maximum atomic E-state index is 11.5. The second-order valence-electron chi connectivity index (χ2n) is 5.62. The fourth-order valence-corrected chi connectivity index (χ4v) is 3.38. The van der Waals surface area contributed by atoms with Gasteiger partial charge in [0.25, 0.3) is 0 Å². The summed E-state index contributed by atoms with van der Waals surface area (Å²) in [5, 5.41) is 6.39. The third-order valence-electron chi connectivity index (χ3n) is 2.74. The molecule has 0 unspecified atom stereocenters. The summed E-state index contributed by atoms with van der Waals surface area (Å²) in [7, 11) is 0. The van der Waals surface area contributed by atoms with Crippen LogP contribution in [-0.2, 0) is 16.1 Å². The molecule has 2 rings (SSSR count). The van der Waals surface area contributed by atoms with E-state index in [1.165, 1.54) is 11.8 Å². The van der Waals surface area contributed by atoms with Crippen molar-refractivity contribution >= 4 is 34.0 Å². The van der Waals surface area contributed by atoms with Crippen LogP contribution in [0.4, 0.5) is 0 Å². The predicted octanol–water partition coefficient (Wildman–Crippen LogP) is 2.94. The van der Waals surface area contributed by atoms with Gasteiger partial charge in [0.2, 0.25) is 0 Å². The van der Waals surface area contributed by atoms with Gasteiger partial charge in [-0.2, -0.15) is 0 Å². The Morgan fingerprint density at radius 2 is 2.29 bits per heavy atom. The average Bonchev–Trinajstić information content (AvgIpc) is 2.93. The van der Waals surface area contributed by atoms with Crippen molar-refractivity contribution in [3.63, 3.8) is 0 Å². The van der Waals surface area contributed by atoms with Gasteiger partial charge in [-0.1, -0.05) is 11.8 Å². The van der Waals surface area contributed by atoms with Gasteiger partial charge in [0, 0.05) is 23.7 Å². The Hall–Kier alpha value is -1.05. The molecule has 2 aromatic heterocycles. The van der Waals surface area contributed by atoms with Crippen molar-refractivity contribution in [1.29, 1.82) is 0 Å². The smallest absolute Gasteiger partial charge is 0.316 e. The minimum atomic E-state index is -0.200. The van der Waals surface area contributed by atoms with Crippen molar-refractivity contribution in [2.75, 3.05) is 12.4 Å². The van der Waals surface area contributed by atoms with Crippen molar-refractivity contribution in [3.05, 3.63) is 17.3 Å². The number of nitrogens with zero attached hydrogens (tertiary/aromatic N) is 2. The van der Waals surface area contributed by atoms with E-state index in [1.54, 1.807) is 11.3 Å². The van der Waals surface area contributed by atoms with Gasteiger partial charge in [-0.05, 0) is 27.7 Å². The van der Waals surface area contributed by atoms with Gasteiger partial charge in [0.1, 0.15) is 5.03 Å². The zero-order valence-corrected chi connectivity index (χ0v) is 14.4. The molecule has 7 heteroatoms. The highest BCUT2D eigenvalue weighted by Gasteiger charge is 2.17. The normalized spacial score (nSPS) is 12.0. The van der Waals surface area contributed by atoms with Crippen LogP contribution in [0.2, 0.25) is 0 Å². The first-order valence-electron chi connectivity index (χ1n) is 6.88. The zero-order chi connectivity index (χ0) is 15.5. The third kappa shape index (κ3) is 4.46. The van der Waals surface area contributed by atoms with E-state index in [0.717, 1.165) is 15.7 Å². The number of imidazole rings is 1. The Labute approximate surface area is 133 Å². The van der Waals surface area contributed by atoms with E-state index in [1.807, 2.05) is 18.5 Å². The van der Waals surface area contributed by atoms with Crippen molar-refractivity contribution in [3.8, 4) is 0 Å².